The Kier molecular flexibility index (Phi) is 6.70. The molecule has 0 bridgehead atoms. The van der Waals surface area contributed by atoms with Gasteiger partial charge >= 0.3 is 5.97 Å². The van der Waals surface area contributed by atoms with Crippen LogP contribution in [0.15, 0.2) is 0 Å². The van der Waals surface area contributed by atoms with Gasteiger partial charge in [-0.25, -0.2) is 0 Å². The number of ether oxygens (including phenoxy) is 1. The van der Waals surface area contributed by atoms with E-state index in [0.717, 1.165) is 6.92 Å². The number of carbonyl (C=O) groups is 2. The topological polar surface area (TPSA) is 148 Å². The lowest BCUT2D eigenvalue weighted by molar-refractivity contribution is -0.768. The molecule has 0 aliphatic carbocycles. The molecule has 11 nitrogen and oxygen atoms in total. The van der Waals surface area contributed by atoms with E-state index >= 15 is 0 Å². The second-order valence-corrected chi connectivity index (χ2v) is 3.03. The van der Waals surface area contributed by atoms with Gasteiger partial charge in [-0.2, -0.15) is 0 Å². The van der Waals surface area contributed by atoms with E-state index in [-0.39, 0.29) is 0 Å². The van der Waals surface area contributed by atoms with E-state index in [1.54, 1.807) is 0 Å². The molecule has 0 aromatic rings. The van der Waals surface area contributed by atoms with Gasteiger partial charge < -0.3 is 14.4 Å². The molecular weight excluding hydrogens is 256 g/mol. The number of hydrogen-bond acceptors (Lipinski definition) is 9. The smallest absolute Gasteiger partial charge is 0.313 e. The molecule has 0 radical (unpaired) electrons. The molecule has 0 saturated carbocycles. The summed E-state index contributed by atoms with van der Waals surface area (Å²) in [5, 5.41) is 17.5. The number of carbonyl (C=O) groups excluding carboxylic acids is 2. The Hall–Kier alpha value is -2.46. The number of ketones is 1. The van der Waals surface area contributed by atoms with E-state index in [1.807, 2.05) is 0 Å². The molecule has 0 aromatic carbocycles. The standard InChI is InChI=1S/C7H10N2O9/c1-5(10)2-7(11)18-6(3-16-8(12)13)4-17-9(14)15/h6H,2-4H2,1H3. The van der Waals surface area contributed by atoms with Crippen molar-refractivity contribution in [2.75, 3.05) is 13.2 Å². The van der Waals surface area contributed by atoms with Gasteiger partial charge in [-0.05, 0) is 6.92 Å². The molecule has 0 fully saturated rings. The Morgan fingerprint density at radius 2 is 1.56 bits per heavy atom. The third-order valence-electron chi connectivity index (χ3n) is 1.42. The van der Waals surface area contributed by atoms with Crippen molar-refractivity contribution in [3.63, 3.8) is 0 Å². The molecule has 0 unspecified atom stereocenters. The second kappa shape index (κ2) is 7.76. The van der Waals surface area contributed by atoms with Gasteiger partial charge in [0.05, 0.1) is 0 Å². The monoisotopic (exact) mass is 266 g/mol. The van der Waals surface area contributed by atoms with Crippen molar-refractivity contribution >= 4 is 11.8 Å². The summed E-state index contributed by atoms with van der Waals surface area (Å²) in [7, 11) is 0. The van der Waals surface area contributed by atoms with Crippen LogP contribution in [0.2, 0.25) is 0 Å². The summed E-state index contributed by atoms with van der Waals surface area (Å²) < 4.78 is 4.54. The van der Waals surface area contributed by atoms with Gasteiger partial charge in [0, 0.05) is 0 Å². The zero-order valence-electron chi connectivity index (χ0n) is 9.27. The summed E-state index contributed by atoms with van der Waals surface area (Å²) in [6.45, 7) is -0.327. The average molecular weight is 266 g/mol. The summed E-state index contributed by atoms with van der Waals surface area (Å²) in [6.07, 6.45) is -1.90. The normalized spacial score (nSPS) is 9.67. The van der Waals surface area contributed by atoms with Crippen molar-refractivity contribution in [2.45, 2.75) is 19.4 Å². The van der Waals surface area contributed by atoms with E-state index in [1.165, 1.54) is 0 Å². The average Bonchev–Trinajstić information content (AvgIpc) is 2.20. The zero-order valence-corrected chi connectivity index (χ0v) is 9.27. The maximum absolute atomic E-state index is 11.1. The highest BCUT2D eigenvalue weighted by Crippen LogP contribution is 1.99. The number of hydrogen-bond donors (Lipinski definition) is 0. The first kappa shape index (κ1) is 15.5. The molecule has 0 atom stereocenters. The highest BCUT2D eigenvalue weighted by atomic mass is 17.0. The predicted octanol–water partition coefficient (Wildman–Crippen LogP) is -0.706. The molecule has 0 heterocycles. The van der Waals surface area contributed by atoms with Crippen molar-refractivity contribution in [1.29, 1.82) is 0 Å². The van der Waals surface area contributed by atoms with E-state index in [2.05, 4.69) is 14.4 Å². The number of esters is 1. The maximum Gasteiger partial charge on any atom is 0.313 e. The second-order valence-electron chi connectivity index (χ2n) is 3.03. The van der Waals surface area contributed by atoms with Gasteiger partial charge in [0.1, 0.15) is 31.5 Å². The van der Waals surface area contributed by atoms with Crippen molar-refractivity contribution in [3.05, 3.63) is 20.2 Å². The molecular formula is C7H10N2O9. The van der Waals surface area contributed by atoms with Gasteiger partial charge in [-0.1, -0.05) is 0 Å². The third-order valence-corrected chi connectivity index (χ3v) is 1.42. The van der Waals surface area contributed by atoms with Gasteiger partial charge in [-0.3, -0.25) is 9.59 Å². The van der Waals surface area contributed by atoms with Crippen LogP contribution >= 0.6 is 0 Å². The minimum atomic E-state index is -1.35. The van der Waals surface area contributed by atoms with E-state index < -0.39 is 47.7 Å². The molecule has 0 aliphatic heterocycles. The van der Waals surface area contributed by atoms with Crippen LogP contribution in [0.4, 0.5) is 0 Å². The maximum atomic E-state index is 11.1. The van der Waals surface area contributed by atoms with Gasteiger partial charge in [0.15, 0.2) is 0 Å². The van der Waals surface area contributed by atoms with E-state index in [0.29, 0.717) is 0 Å². The van der Waals surface area contributed by atoms with Crippen molar-refractivity contribution in [3.8, 4) is 0 Å². The fourth-order valence-corrected chi connectivity index (χ4v) is 0.835. The fourth-order valence-electron chi connectivity index (χ4n) is 0.835. The van der Waals surface area contributed by atoms with Crippen molar-refractivity contribution in [1.82, 2.24) is 0 Å². The van der Waals surface area contributed by atoms with Crippen LogP contribution < -0.4 is 0 Å². The predicted molar refractivity (Wildman–Crippen MR) is 51.1 cm³/mol. The Balaban J connectivity index is 4.26. The molecule has 0 aromatic heterocycles. The van der Waals surface area contributed by atoms with Crippen molar-refractivity contribution in [2.24, 2.45) is 0 Å². The molecule has 0 rings (SSSR count). The Morgan fingerprint density at radius 3 is 1.89 bits per heavy atom. The Morgan fingerprint density at radius 1 is 1.11 bits per heavy atom. The van der Waals surface area contributed by atoms with Gasteiger partial charge in [-0.15, -0.1) is 20.2 Å². The van der Waals surface area contributed by atoms with Crippen molar-refractivity contribution < 1.29 is 34.2 Å². The summed E-state index contributed by atoms with van der Waals surface area (Å²) in [4.78, 5) is 49.3. The number of rotatable bonds is 9. The Bertz CT molecular complexity index is 324. The van der Waals surface area contributed by atoms with Crippen LogP contribution in [-0.2, 0) is 24.0 Å². The van der Waals surface area contributed by atoms with Crippen LogP contribution in [0, 0.1) is 20.2 Å². The molecule has 11 heteroatoms. The van der Waals surface area contributed by atoms with Crippen LogP contribution in [-0.4, -0.2) is 41.2 Å². The first-order chi connectivity index (χ1) is 8.31. The largest absolute Gasteiger partial charge is 0.458 e. The first-order valence-corrected chi connectivity index (χ1v) is 4.54. The molecule has 0 saturated heterocycles. The quantitative estimate of drug-likeness (QED) is 0.228. The highest BCUT2D eigenvalue weighted by molar-refractivity contribution is 5.94. The molecule has 18 heavy (non-hydrogen) atoms. The van der Waals surface area contributed by atoms with Crippen LogP contribution in [0.1, 0.15) is 13.3 Å². The molecule has 0 aliphatic rings. The zero-order chi connectivity index (χ0) is 14.1. The Labute approximate surface area is 99.8 Å². The number of nitrogens with zero attached hydrogens (tertiary/aromatic N) is 2. The van der Waals surface area contributed by atoms with Crippen LogP contribution in [0.3, 0.4) is 0 Å². The number of Topliss-reactive ketones (excluding diaryl/α,β-unsaturated/α-hetero) is 1. The van der Waals surface area contributed by atoms with E-state index in [4.69, 9.17) is 0 Å². The summed E-state index contributed by atoms with van der Waals surface area (Å²) in [5.41, 5.74) is 0. The lowest BCUT2D eigenvalue weighted by Gasteiger charge is -2.15. The molecule has 102 valence electrons. The highest BCUT2D eigenvalue weighted by Gasteiger charge is 2.19. The van der Waals surface area contributed by atoms with Crippen LogP contribution in [0.5, 0.6) is 0 Å². The minimum absolute atomic E-state index is 0.482. The minimum Gasteiger partial charge on any atom is -0.458 e. The van der Waals surface area contributed by atoms with Crippen LogP contribution in [0.25, 0.3) is 0 Å². The van der Waals surface area contributed by atoms with E-state index in [9.17, 15) is 29.8 Å². The fraction of sp³-hybridized carbons (Fsp3) is 0.714. The first-order valence-electron chi connectivity index (χ1n) is 4.54. The lowest BCUT2D eigenvalue weighted by atomic mass is 10.3. The summed E-state index contributed by atoms with van der Waals surface area (Å²) >= 11 is 0. The summed E-state index contributed by atoms with van der Waals surface area (Å²) in [5.74, 6) is -1.46. The lowest BCUT2D eigenvalue weighted by Crippen LogP contribution is -2.31. The molecule has 0 amide bonds. The third kappa shape index (κ3) is 8.82. The van der Waals surface area contributed by atoms with Gasteiger partial charge in [0.2, 0.25) is 0 Å². The molecule has 0 spiro atoms. The SMILES string of the molecule is CC(=O)CC(=O)OC(CO[N+](=O)[O-])CO[N+](=O)[O-]. The van der Waals surface area contributed by atoms with Gasteiger partial charge in [0.25, 0.3) is 10.2 Å². The molecule has 0 N–H and O–H groups in total. The summed E-state index contributed by atoms with van der Waals surface area (Å²) in [6, 6.07) is 0.